The normalized spacial score (nSPS) is 15.5. The highest BCUT2D eigenvalue weighted by Gasteiger charge is 2.22. The number of hydrogen-bond acceptors (Lipinski definition) is 5. The molecular formula is C22H17N5O. The van der Waals surface area contributed by atoms with Gasteiger partial charge in [0.15, 0.2) is 0 Å². The van der Waals surface area contributed by atoms with E-state index in [1.807, 2.05) is 36.4 Å². The number of fused-ring (bicyclic) bond motifs is 2. The molecule has 0 spiro atoms. The predicted molar refractivity (Wildman–Crippen MR) is 107 cm³/mol. The van der Waals surface area contributed by atoms with Crippen LogP contribution >= 0.6 is 0 Å². The summed E-state index contributed by atoms with van der Waals surface area (Å²) in [5.74, 6) is 0.782. The molecule has 1 aliphatic heterocycles. The van der Waals surface area contributed by atoms with E-state index in [0.717, 1.165) is 45.6 Å². The average Bonchev–Trinajstić information content (AvgIpc) is 3.17. The first-order chi connectivity index (χ1) is 13.8. The van der Waals surface area contributed by atoms with E-state index in [2.05, 4.69) is 38.7 Å². The predicted octanol–water partition coefficient (Wildman–Crippen LogP) is 4.43. The molecule has 2 aromatic heterocycles. The number of benzene rings is 2. The quantitative estimate of drug-likeness (QED) is 0.559. The Hall–Kier alpha value is -3.85. The third-order valence-electron chi connectivity index (χ3n) is 5.04. The Balaban J connectivity index is 1.49. The molecule has 0 bridgehead atoms. The van der Waals surface area contributed by atoms with Crippen LogP contribution in [-0.4, -0.2) is 21.8 Å². The third kappa shape index (κ3) is 2.83. The lowest BCUT2D eigenvalue weighted by Crippen LogP contribution is -2.20. The van der Waals surface area contributed by atoms with Gasteiger partial charge in [-0.05, 0) is 42.5 Å². The monoisotopic (exact) mass is 367 g/mol. The minimum absolute atomic E-state index is 0.130. The lowest BCUT2D eigenvalue weighted by molar-refractivity contribution is 0.274. The van der Waals surface area contributed by atoms with Crippen molar-refractivity contribution >= 4 is 16.6 Å². The lowest BCUT2D eigenvalue weighted by Gasteiger charge is -2.27. The maximum Gasteiger partial charge on any atom is 0.125 e. The van der Waals surface area contributed by atoms with Crippen molar-refractivity contribution in [1.82, 2.24) is 15.2 Å². The zero-order chi connectivity index (χ0) is 18.9. The third-order valence-corrected chi connectivity index (χ3v) is 5.04. The molecule has 2 aromatic carbocycles. The van der Waals surface area contributed by atoms with Crippen molar-refractivity contribution in [2.75, 3.05) is 11.9 Å². The molecule has 6 nitrogen and oxygen atoms in total. The summed E-state index contributed by atoms with van der Waals surface area (Å²) in [6.45, 7) is 0.621. The number of aromatic amines is 1. The van der Waals surface area contributed by atoms with E-state index >= 15 is 0 Å². The van der Waals surface area contributed by atoms with E-state index < -0.39 is 0 Å². The first kappa shape index (κ1) is 16.3. The minimum Gasteiger partial charge on any atom is -0.493 e. The molecule has 0 unspecified atom stereocenters. The molecule has 6 heteroatoms. The Bertz CT molecular complexity index is 1190. The highest BCUT2D eigenvalue weighted by molar-refractivity contribution is 5.94. The van der Waals surface area contributed by atoms with Crippen molar-refractivity contribution in [3.8, 4) is 23.1 Å². The average molecular weight is 367 g/mol. The Morgan fingerprint density at radius 3 is 2.86 bits per heavy atom. The van der Waals surface area contributed by atoms with Crippen molar-refractivity contribution in [3.63, 3.8) is 0 Å². The van der Waals surface area contributed by atoms with E-state index in [0.29, 0.717) is 12.2 Å². The molecular weight excluding hydrogens is 350 g/mol. The second-order valence-corrected chi connectivity index (χ2v) is 6.77. The molecule has 136 valence electrons. The lowest BCUT2D eigenvalue weighted by atomic mass is 9.98. The summed E-state index contributed by atoms with van der Waals surface area (Å²) in [5, 5.41) is 21.4. The molecule has 0 aliphatic carbocycles. The van der Waals surface area contributed by atoms with Crippen LogP contribution in [0.1, 0.15) is 23.6 Å². The van der Waals surface area contributed by atoms with Crippen LogP contribution in [0.5, 0.6) is 5.75 Å². The SMILES string of the molecule is N#Cc1ccc2c(c1)OCC[C@H]2Nc1ccc2[nH]nc(-c3ccncc3)c2c1. The molecule has 0 radical (unpaired) electrons. The number of ether oxygens (including phenoxy) is 1. The smallest absolute Gasteiger partial charge is 0.125 e. The first-order valence-electron chi connectivity index (χ1n) is 9.14. The zero-order valence-electron chi connectivity index (χ0n) is 15.0. The van der Waals surface area contributed by atoms with Gasteiger partial charge in [0.1, 0.15) is 11.4 Å². The second kappa shape index (κ2) is 6.71. The van der Waals surface area contributed by atoms with E-state index in [1.165, 1.54) is 0 Å². The van der Waals surface area contributed by atoms with Gasteiger partial charge in [-0.1, -0.05) is 6.07 Å². The van der Waals surface area contributed by atoms with Crippen molar-refractivity contribution in [2.45, 2.75) is 12.5 Å². The van der Waals surface area contributed by atoms with Crippen molar-refractivity contribution < 1.29 is 4.74 Å². The number of nitrogens with zero attached hydrogens (tertiary/aromatic N) is 3. The molecule has 1 aliphatic rings. The van der Waals surface area contributed by atoms with E-state index in [1.54, 1.807) is 12.4 Å². The van der Waals surface area contributed by atoms with Gasteiger partial charge in [-0.15, -0.1) is 0 Å². The van der Waals surface area contributed by atoms with Crippen LogP contribution in [0.2, 0.25) is 0 Å². The summed E-state index contributed by atoms with van der Waals surface area (Å²) in [4.78, 5) is 4.08. The summed E-state index contributed by atoms with van der Waals surface area (Å²) < 4.78 is 5.76. The minimum atomic E-state index is 0.130. The molecule has 2 N–H and O–H groups in total. The van der Waals surface area contributed by atoms with E-state index in [-0.39, 0.29) is 6.04 Å². The standard InChI is InChI=1S/C22H17N5O/c23-13-14-1-3-17-19(7-10-28-21(17)11-14)25-16-2-4-20-18(12-16)22(27-26-20)15-5-8-24-9-6-15/h1-6,8-9,11-12,19,25H,7,10H2,(H,26,27)/t19-/m1/s1. The van der Waals surface area contributed by atoms with Gasteiger partial charge in [-0.2, -0.15) is 10.4 Å². The van der Waals surface area contributed by atoms with Crippen molar-refractivity contribution in [1.29, 1.82) is 5.26 Å². The van der Waals surface area contributed by atoms with Crippen LogP contribution in [0.25, 0.3) is 22.2 Å². The summed E-state index contributed by atoms with van der Waals surface area (Å²) in [6.07, 6.45) is 4.40. The van der Waals surface area contributed by atoms with Gasteiger partial charge in [0.25, 0.3) is 0 Å². The van der Waals surface area contributed by atoms with Gasteiger partial charge < -0.3 is 10.1 Å². The van der Waals surface area contributed by atoms with Gasteiger partial charge in [-0.25, -0.2) is 0 Å². The van der Waals surface area contributed by atoms with Crippen LogP contribution in [-0.2, 0) is 0 Å². The van der Waals surface area contributed by atoms with Crippen LogP contribution < -0.4 is 10.1 Å². The van der Waals surface area contributed by atoms with Crippen LogP contribution in [0, 0.1) is 11.3 Å². The molecule has 0 amide bonds. The highest BCUT2D eigenvalue weighted by Crippen LogP contribution is 2.36. The largest absolute Gasteiger partial charge is 0.493 e. The number of anilines is 1. The maximum absolute atomic E-state index is 9.11. The molecule has 28 heavy (non-hydrogen) atoms. The van der Waals surface area contributed by atoms with Crippen molar-refractivity contribution in [3.05, 3.63) is 72.1 Å². The number of rotatable bonds is 3. The molecule has 5 rings (SSSR count). The molecule has 4 aromatic rings. The van der Waals surface area contributed by atoms with Crippen LogP contribution in [0.15, 0.2) is 60.9 Å². The topological polar surface area (TPSA) is 86.6 Å². The summed E-state index contributed by atoms with van der Waals surface area (Å²) in [7, 11) is 0. The Labute approximate surface area is 161 Å². The summed E-state index contributed by atoms with van der Waals surface area (Å²) >= 11 is 0. The number of hydrogen-bond donors (Lipinski definition) is 2. The molecule has 0 saturated heterocycles. The maximum atomic E-state index is 9.11. The van der Waals surface area contributed by atoms with Crippen LogP contribution in [0.4, 0.5) is 5.69 Å². The van der Waals surface area contributed by atoms with E-state index in [4.69, 9.17) is 10.00 Å². The number of aromatic nitrogens is 3. The van der Waals surface area contributed by atoms with Gasteiger partial charge in [0.2, 0.25) is 0 Å². The molecule has 0 fully saturated rings. The Morgan fingerprint density at radius 1 is 1.11 bits per heavy atom. The zero-order valence-corrected chi connectivity index (χ0v) is 15.0. The molecule has 1 atom stereocenters. The fourth-order valence-electron chi connectivity index (χ4n) is 3.64. The summed E-state index contributed by atoms with van der Waals surface area (Å²) in [6, 6.07) is 18.0. The number of nitrogens with one attached hydrogen (secondary N) is 2. The number of nitriles is 1. The Morgan fingerprint density at radius 2 is 2.00 bits per heavy atom. The van der Waals surface area contributed by atoms with E-state index in [9.17, 15) is 0 Å². The highest BCUT2D eigenvalue weighted by atomic mass is 16.5. The number of pyridine rings is 1. The molecule has 0 saturated carbocycles. The summed E-state index contributed by atoms with van der Waals surface area (Å²) in [5.41, 5.74) is 5.63. The van der Waals surface area contributed by atoms with Crippen LogP contribution in [0.3, 0.4) is 0 Å². The Kier molecular flexibility index (Phi) is 3.91. The van der Waals surface area contributed by atoms with Gasteiger partial charge in [0, 0.05) is 41.0 Å². The molecule has 3 heterocycles. The fourth-order valence-corrected chi connectivity index (χ4v) is 3.64. The number of H-pyrrole nitrogens is 1. The van der Waals surface area contributed by atoms with Crippen molar-refractivity contribution in [2.24, 2.45) is 0 Å². The first-order valence-corrected chi connectivity index (χ1v) is 9.14. The van der Waals surface area contributed by atoms with Gasteiger partial charge >= 0.3 is 0 Å². The fraction of sp³-hybridized carbons (Fsp3) is 0.136. The second-order valence-electron chi connectivity index (χ2n) is 6.77. The van der Waals surface area contributed by atoms with Gasteiger partial charge in [-0.3, -0.25) is 10.1 Å². The van der Waals surface area contributed by atoms with Gasteiger partial charge in [0.05, 0.1) is 29.8 Å².